The van der Waals surface area contributed by atoms with E-state index in [9.17, 15) is 9.18 Å². The molecule has 0 spiro atoms. The molecule has 5 heteroatoms. The fourth-order valence-electron chi connectivity index (χ4n) is 1.29. The smallest absolute Gasteiger partial charge is 0.238 e. The Labute approximate surface area is 107 Å². The highest BCUT2D eigenvalue weighted by molar-refractivity contribution is 5.92. The van der Waals surface area contributed by atoms with E-state index in [1.165, 1.54) is 24.3 Å². The predicted octanol–water partition coefficient (Wildman–Crippen LogP) is 1.78. The molecule has 0 radical (unpaired) electrons. The molecule has 0 unspecified atom stereocenters. The fourth-order valence-corrected chi connectivity index (χ4v) is 1.29. The first kappa shape index (κ1) is 14.6. The largest absolute Gasteiger partial charge is 0.377 e. The van der Waals surface area contributed by atoms with Crippen molar-refractivity contribution >= 4 is 11.6 Å². The number of amides is 1. The van der Waals surface area contributed by atoms with Gasteiger partial charge in [-0.1, -0.05) is 0 Å². The van der Waals surface area contributed by atoms with Crippen molar-refractivity contribution in [2.75, 3.05) is 25.5 Å². The second-order valence-corrected chi connectivity index (χ2v) is 4.62. The summed E-state index contributed by atoms with van der Waals surface area (Å²) in [5, 5.41) is 5.66. The number of carbonyl (C=O) groups excluding carboxylic acids is 1. The summed E-state index contributed by atoms with van der Waals surface area (Å²) in [4.78, 5) is 11.6. The maximum absolute atomic E-state index is 12.7. The molecule has 2 N–H and O–H groups in total. The van der Waals surface area contributed by atoms with Gasteiger partial charge in [0.15, 0.2) is 0 Å². The number of rotatable bonds is 6. The van der Waals surface area contributed by atoms with E-state index in [4.69, 9.17) is 4.74 Å². The summed E-state index contributed by atoms with van der Waals surface area (Å²) in [5.74, 6) is -0.499. The Morgan fingerprint density at radius 2 is 1.94 bits per heavy atom. The fraction of sp³-hybridized carbons (Fsp3) is 0.462. The van der Waals surface area contributed by atoms with Crippen molar-refractivity contribution < 1.29 is 13.9 Å². The number of methoxy groups -OCH3 is 1. The van der Waals surface area contributed by atoms with Gasteiger partial charge in [0.2, 0.25) is 5.91 Å². The van der Waals surface area contributed by atoms with Gasteiger partial charge >= 0.3 is 0 Å². The van der Waals surface area contributed by atoms with Gasteiger partial charge in [-0.25, -0.2) is 4.39 Å². The average Bonchev–Trinajstić information content (AvgIpc) is 2.32. The van der Waals surface area contributed by atoms with E-state index in [-0.39, 0.29) is 23.9 Å². The summed E-state index contributed by atoms with van der Waals surface area (Å²) in [5.41, 5.74) is 0.269. The van der Waals surface area contributed by atoms with Crippen LogP contribution in [-0.4, -0.2) is 31.7 Å². The van der Waals surface area contributed by atoms with Crippen LogP contribution in [0.1, 0.15) is 13.8 Å². The molecule has 0 bridgehead atoms. The molecule has 1 aromatic rings. The summed E-state index contributed by atoms with van der Waals surface area (Å²) < 4.78 is 17.9. The van der Waals surface area contributed by atoms with Crippen LogP contribution in [0.15, 0.2) is 24.3 Å². The molecular formula is C13H19FN2O2. The van der Waals surface area contributed by atoms with E-state index in [1.807, 2.05) is 13.8 Å². The van der Waals surface area contributed by atoms with Gasteiger partial charge in [-0.2, -0.15) is 0 Å². The lowest BCUT2D eigenvalue weighted by molar-refractivity contribution is -0.115. The van der Waals surface area contributed by atoms with Gasteiger partial charge in [-0.05, 0) is 38.1 Å². The van der Waals surface area contributed by atoms with Gasteiger partial charge in [0.1, 0.15) is 5.82 Å². The van der Waals surface area contributed by atoms with Gasteiger partial charge in [0.05, 0.1) is 12.1 Å². The average molecular weight is 254 g/mol. The number of anilines is 1. The summed E-state index contributed by atoms with van der Waals surface area (Å²) in [6.07, 6.45) is 0. The number of benzene rings is 1. The third-order valence-corrected chi connectivity index (χ3v) is 2.52. The normalized spacial score (nSPS) is 11.3. The Morgan fingerprint density at radius 3 is 2.50 bits per heavy atom. The van der Waals surface area contributed by atoms with Crippen molar-refractivity contribution in [2.24, 2.45) is 0 Å². The highest BCUT2D eigenvalue weighted by atomic mass is 19.1. The topological polar surface area (TPSA) is 50.4 Å². The third-order valence-electron chi connectivity index (χ3n) is 2.52. The zero-order valence-electron chi connectivity index (χ0n) is 10.9. The van der Waals surface area contributed by atoms with Crippen LogP contribution < -0.4 is 10.6 Å². The highest BCUT2D eigenvalue weighted by Crippen LogP contribution is 2.08. The number of ether oxygens (including phenoxy) is 1. The molecule has 0 saturated carbocycles. The van der Waals surface area contributed by atoms with Crippen LogP contribution in [0.4, 0.5) is 10.1 Å². The molecule has 4 nitrogen and oxygen atoms in total. The lowest BCUT2D eigenvalue weighted by Gasteiger charge is -2.22. The molecule has 0 saturated heterocycles. The second kappa shape index (κ2) is 6.47. The van der Waals surface area contributed by atoms with Crippen LogP contribution in [0.2, 0.25) is 0 Å². The SMILES string of the molecule is COC(C)(C)CNCC(=O)Nc1ccc(F)cc1. The van der Waals surface area contributed by atoms with E-state index in [0.29, 0.717) is 12.2 Å². The van der Waals surface area contributed by atoms with Crippen LogP contribution in [-0.2, 0) is 9.53 Å². The molecule has 0 aromatic heterocycles. The van der Waals surface area contributed by atoms with Crippen molar-refractivity contribution in [1.82, 2.24) is 5.32 Å². The maximum atomic E-state index is 12.7. The van der Waals surface area contributed by atoms with Crippen LogP contribution in [0, 0.1) is 5.82 Å². The predicted molar refractivity (Wildman–Crippen MR) is 69.0 cm³/mol. The molecule has 0 heterocycles. The van der Waals surface area contributed by atoms with Crippen LogP contribution in [0.25, 0.3) is 0 Å². The Hall–Kier alpha value is -1.46. The van der Waals surface area contributed by atoms with Gasteiger partial charge in [0.25, 0.3) is 0 Å². The lowest BCUT2D eigenvalue weighted by atomic mass is 10.1. The zero-order chi connectivity index (χ0) is 13.6. The minimum absolute atomic E-state index is 0.173. The standard InChI is InChI=1S/C13H19FN2O2/c1-13(2,18-3)9-15-8-12(17)16-11-6-4-10(14)5-7-11/h4-7,15H,8-9H2,1-3H3,(H,16,17). The van der Waals surface area contributed by atoms with Crippen LogP contribution in [0.5, 0.6) is 0 Å². The van der Waals surface area contributed by atoms with Crippen molar-refractivity contribution in [3.8, 4) is 0 Å². The van der Waals surface area contributed by atoms with Crippen LogP contribution in [0.3, 0.4) is 0 Å². The molecule has 0 aliphatic rings. The summed E-state index contributed by atoms with van der Waals surface area (Å²) >= 11 is 0. The molecule has 1 amide bonds. The Bertz CT molecular complexity index is 390. The molecular weight excluding hydrogens is 235 g/mol. The highest BCUT2D eigenvalue weighted by Gasteiger charge is 2.15. The minimum atomic E-state index is -0.326. The van der Waals surface area contributed by atoms with Gasteiger partial charge < -0.3 is 15.4 Å². The molecule has 0 aliphatic carbocycles. The Kier molecular flexibility index (Phi) is 5.25. The first-order valence-corrected chi connectivity index (χ1v) is 5.74. The monoisotopic (exact) mass is 254 g/mol. The maximum Gasteiger partial charge on any atom is 0.238 e. The molecule has 18 heavy (non-hydrogen) atoms. The van der Waals surface area contributed by atoms with Gasteiger partial charge in [-0.3, -0.25) is 4.79 Å². The first-order chi connectivity index (χ1) is 8.43. The van der Waals surface area contributed by atoms with E-state index < -0.39 is 0 Å². The molecule has 0 fully saturated rings. The van der Waals surface area contributed by atoms with Crippen molar-refractivity contribution in [1.29, 1.82) is 0 Å². The molecule has 100 valence electrons. The number of hydrogen-bond donors (Lipinski definition) is 2. The van der Waals surface area contributed by atoms with E-state index in [2.05, 4.69) is 10.6 Å². The minimum Gasteiger partial charge on any atom is -0.377 e. The van der Waals surface area contributed by atoms with E-state index >= 15 is 0 Å². The number of nitrogens with one attached hydrogen (secondary N) is 2. The van der Waals surface area contributed by atoms with E-state index in [0.717, 1.165) is 0 Å². The second-order valence-electron chi connectivity index (χ2n) is 4.62. The van der Waals surface area contributed by atoms with Crippen LogP contribution >= 0.6 is 0 Å². The molecule has 0 aliphatic heterocycles. The summed E-state index contributed by atoms with van der Waals surface area (Å²) in [7, 11) is 1.63. The first-order valence-electron chi connectivity index (χ1n) is 5.74. The van der Waals surface area contributed by atoms with Crippen molar-refractivity contribution in [3.63, 3.8) is 0 Å². The molecule has 1 aromatic carbocycles. The van der Waals surface area contributed by atoms with Gasteiger partial charge in [-0.15, -0.1) is 0 Å². The number of hydrogen-bond acceptors (Lipinski definition) is 3. The Morgan fingerprint density at radius 1 is 1.33 bits per heavy atom. The van der Waals surface area contributed by atoms with Gasteiger partial charge in [0, 0.05) is 19.3 Å². The number of carbonyl (C=O) groups is 1. The summed E-state index contributed by atoms with van der Waals surface area (Å²) in [6.45, 7) is 4.61. The third kappa shape index (κ3) is 5.25. The van der Waals surface area contributed by atoms with Crippen molar-refractivity contribution in [2.45, 2.75) is 19.4 Å². The van der Waals surface area contributed by atoms with E-state index in [1.54, 1.807) is 7.11 Å². The molecule has 1 rings (SSSR count). The Balaban J connectivity index is 2.32. The molecule has 0 atom stereocenters. The van der Waals surface area contributed by atoms with Crippen molar-refractivity contribution in [3.05, 3.63) is 30.1 Å². The lowest BCUT2D eigenvalue weighted by Crippen LogP contribution is -2.40. The quantitative estimate of drug-likeness (QED) is 0.813. The zero-order valence-corrected chi connectivity index (χ0v) is 10.9. The summed E-state index contributed by atoms with van der Waals surface area (Å²) in [6, 6.07) is 5.65. The number of halogens is 1.